The van der Waals surface area contributed by atoms with Crippen LogP contribution >= 0.6 is 0 Å². The normalized spacial score (nSPS) is 10.3. The van der Waals surface area contributed by atoms with Gasteiger partial charge in [-0.3, -0.25) is 14.6 Å². The van der Waals surface area contributed by atoms with Crippen LogP contribution in [0.4, 0.5) is 0 Å². The van der Waals surface area contributed by atoms with Crippen LogP contribution in [0.5, 0.6) is 5.88 Å². The van der Waals surface area contributed by atoms with E-state index in [0.717, 1.165) is 10.6 Å². The molecule has 98 valence electrons. The number of hydrogen-bond donors (Lipinski definition) is 3. The first-order valence-electron chi connectivity index (χ1n) is 5.34. The summed E-state index contributed by atoms with van der Waals surface area (Å²) in [5.41, 5.74) is -0.571. The summed E-state index contributed by atoms with van der Waals surface area (Å²) in [6.07, 6.45) is -0.132. The number of nitrogens with zero attached hydrogens (tertiary/aromatic N) is 1. The Balaban J connectivity index is 2.46. The molecule has 0 aliphatic rings. The van der Waals surface area contributed by atoms with E-state index in [1.54, 1.807) is 0 Å². The van der Waals surface area contributed by atoms with E-state index in [0.29, 0.717) is 11.3 Å². The van der Waals surface area contributed by atoms with E-state index in [2.05, 4.69) is 0 Å². The number of aromatic amines is 1. The van der Waals surface area contributed by atoms with Crippen LogP contribution < -0.4 is 11.2 Å². The molecule has 0 atom stereocenters. The van der Waals surface area contributed by atoms with Crippen molar-refractivity contribution in [3.63, 3.8) is 0 Å². The van der Waals surface area contributed by atoms with E-state index in [1.165, 1.54) is 24.3 Å². The highest BCUT2D eigenvalue weighted by atomic mass is 16.4. The Bertz CT molecular complexity index is 727. The van der Waals surface area contributed by atoms with Crippen LogP contribution in [0.15, 0.2) is 39.9 Å². The number of hydrogen-bond acceptors (Lipinski definition) is 4. The van der Waals surface area contributed by atoms with Gasteiger partial charge < -0.3 is 10.2 Å². The molecule has 7 heteroatoms. The van der Waals surface area contributed by atoms with E-state index in [9.17, 15) is 19.5 Å². The minimum Gasteiger partial charge on any atom is -0.494 e. The van der Waals surface area contributed by atoms with Gasteiger partial charge in [-0.05, 0) is 17.7 Å². The number of carbonyl (C=O) groups is 1. The standard InChI is InChI=1S/C12H10N2O5/c15-9-6-10(16)14(12(19)13-9)8-3-1-7(2-4-8)5-11(17)18/h1-4,6,16H,5H2,(H,17,18)(H,13,15,19). The zero-order valence-corrected chi connectivity index (χ0v) is 9.66. The quantitative estimate of drug-likeness (QED) is 0.712. The highest BCUT2D eigenvalue weighted by molar-refractivity contribution is 5.70. The van der Waals surface area contributed by atoms with E-state index >= 15 is 0 Å². The van der Waals surface area contributed by atoms with Gasteiger partial charge in [0.2, 0.25) is 5.88 Å². The molecule has 19 heavy (non-hydrogen) atoms. The highest BCUT2D eigenvalue weighted by Crippen LogP contribution is 2.13. The molecule has 0 bridgehead atoms. The Morgan fingerprint density at radius 2 is 1.84 bits per heavy atom. The van der Waals surface area contributed by atoms with Gasteiger partial charge in [0.1, 0.15) is 0 Å². The molecule has 2 aromatic rings. The Hall–Kier alpha value is -2.83. The molecule has 0 spiro atoms. The first-order valence-corrected chi connectivity index (χ1v) is 5.34. The Labute approximate surface area is 106 Å². The van der Waals surface area contributed by atoms with Gasteiger partial charge >= 0.3 is 11.7 Å². The molecule has 0 unspecified atom stereocenters. The summed E-state index contributed by atoms with van der Waals surface area (Å²) in [7, 11) is 0. The van der Waals surface area contributed by atoms with E-state index < -0.39 is 23.1 Å². The monoisotopic (exact) mass is 262 g/mol. The summed E-state index contributed by atoms with van der Waals surface area (Å²) >= 11 is 0. The summed E-state index contributed by atoms with van der Waals surface area (Å²) in [4.78, 5) is 35.1. The first kappa shape index (κ1) is 12.6. The van der Waals surface area contributed by atoms with Crippen LogP contribution in [0.25, 0.3) is 5.69 Å². The van der Waals surface area contributed by atoms with Crippen LogP contribution in [0.1, 0.15) is 5.56 Å². The zero-order valence-electron chi connectivity index (χ0n) is 9.66. The van der Waals surface area contributed by atoms with Crippen molar-refractivity contribution in [2.24, 2.45) is 0 Å². The molecule has 1 aromatic carbocycles. The van der Waals surface area contributed by atoms with Gasteiger partial charge in [-0.2, -0.15) is 0 Å². The first-order chi connectivity index (χ1) is 8.97. The molecule has 0 saturated carbocycles. The molecule has 1 aromatic heterocycles. The smallest absolute Gasteiger partial charge is 0.335 e. The topological polar surface area (TPSA) is 112 Å². The van der Waals surface area contributed by atoms with Crippen molar-refractivity contribution in [3.05, 3.63) is 56.7 Å². The number of benzene rings is 1. The molecule has 0 aliphatic heterocycles. The second-order valence-corrected chi connectivity index (χ2v) is 3.87. The summed E-state index contributed by atoms with van der Waals surface area (Å²) in [5.74, 6) is -1.45. The molecule has 7 nitrogen and oxygen atoms in total. The van der Waals surface area contributed by atoms with Crippen LogP contribution in [0.2, 0.25) is 0 Å². The van der Waals surface area contributed by atoms with Crippen LogP contribution in [0.3, 0.4) is 0 Å². The van der Waals surface area contributed by atoms with E-state index in [1.807, 2.05) is 4.98 Å². The number of H-pyrrole nitrogens is 1. The molecule has 0 saturated heterocycles. The van der Waals surface area contributed by atoms with Gasteiger partial charge in [-0.25, -0.2) is 9.36 Å². The minimum absolute atomic E-state index is 0.132. The number of nitrogens with one attached hydrogen (secondary N) is 1. The van der Waals surface area contributed by atoms with Crippen molar-refractivity contribution in [1.82, 2.24) is 9.55 Å². The average molecular weight is 262 g/mol. The number of aliphatic carboxylic acids is 1. The third-order valence-corrected chi connectivity index (χ3v) is 2.47. The maximum absolute atomic E-state index is 11.6. The van der Waals surface area contributed by atoms with Crippen LogP contribution in [-0.4, -0.2) is 25.7 Å². The Kier molecular flexibility index (Phi) is 3.19. The minimum atomic E-state index is -0.961. The van der Waals surface area contributed by atoms with Crippen molar-refractivity contribution >= 4 is 5.97 Å². The van der Waals surface area contributed by atoms with E-state index in [-0.39, 0.29) is 6.42 Å². The van der Waals surface area contributed by atoms with Gasteiger partial charge in [0, 0.05) is 0 Å². The third-order valence-electron chi connectivity index (χ3n) is 2.47. The van der Waals surface area contributed by atoms with Crippen LogP contribution in [-0.2, 0) is 11.2 Å². The average Bonchev–Trinajstić information content (AvgIpc) is 2.29. The third kappa shape index (κ3) is 2.71. The van der Waals surface area contributed by atoms with E-state index in [4.69, 9.17) is 5.11 Å². The van der Waals surface area contributed by atoms with Crippen molar-refractivity contribution in [1.29, 1.82) is 0 Å². The zero-order chi connectivity index (χ0) is 14.0. The predicted octanol–water partition coefficient (Wildman–Crippen LogP) is -0.142. The molecular formula is C12H10N2O5. The molecule has 0 aliphatic carbocycles. The number of rotatable bonds is 3. The van der Waals surface area contributed by atoms with Crippen molar-refractivity contribution < 1.29 is 15.0 Å². The molecule has 0 radical (unpaired) electrons. The summed E-state index contributed by atoms with van der Waals surface area (Å²) < 4.78 is 0.909. The maximum atomic E-state index is 11.6. The lowest BCUT2D eigenvalue weighted by atomic mass is 10.1. The second-order valence-electron chi connectivity index (χ2n) is 3.87. The summed E-state index contributed by atoms with van der Waals surface area (Å²) in [5, 5.41) is 18.2. The fraction of sp³-hybridized carbons (Fsp3) is 0.0833. The lowest BCUT2D eigenvalue weighted by molar-refractivity contribution is -0.136. The number of carboxylic acids is 1. The SMILES string of the molecule is O=C(O)Cc1ccc(-n2c(O)cc(=O)[nH]c2=O)cc1. The Morgan fingerprint density at radius 3 is 2.37 bits per heavy atom. The predicted molar refractivity (Wildman–Crippen MR) is 65.7 cm³/mol. The fourth-order valence-corrected chi connectivity index (χ4v) is 1.67. The van der Waals surface area contributed by atoms with Gasteiger partial charge in [-0.1, -0.05) is 12.1 Å². The lowest BCUT2D eigenvalue weighted by Crippen LogP contribution is -2.27. The molecule has 2 rings (SSSR count). The summed E-state index contributed by atoms with van der Waals surface area (Å²) in [6, 6.07) is 6.91. The lowest BCUT2D eigenvalue weighted by Gasteiger charge is -2.07. The number of aromatic hydroxyl groups is 1. The maximum Gasteiger partial charge on any atom is 0.335 e. The van der Waals surface area contributed by atoms with Crippen molar-refractivity contribution in [3.8, 4) is 11.6 Å². The highest BCUT2D eigenvalue weighted by Gasteiger charge is 2.07. The largest absolute Gasteiger partial charge is 0.494 e. The molecule has 1 heterocycles. The van der Waals surface area contributed by atoms with Crippen molar-refractivity contribution in [2.75, 3.05) is 0 Å². The molecular weight excluding hydrogens is 252 g/mol. The summed E-state index contributed by atoms with van der Waals surface area (Å²) in [6.45, 7) is 0. The van der Waals surface area contributed by atoms with Gasteiger partial charge in [0.05, 0.1) is 18.2 Å². The second kappa shape index (κ2) is 4.81. The number of carboxylic acid groups (broad SMARTS) is 1. The fourth-order valence-electron chi connectivity index (χ4n) is 1.67. The van der Waals surface area contributed by atoms with Gasteiger partial charge in [0.15, 0.2) is 0 Å². The molecule has 3 N–H and O–H groups in total. The van der Waals surface area contributed by atoms with Gasteiger partial charge in [0.25, 0.3) is 5.56 Å². The van der Waals surface area contributed by atoms with Gasteiger partial charge in [-0.15, -0.1) is 0 Å². The number of aromatic nitrogens is 2. The van der Waals surface area contributed by atoms with Crippen molar-refractivity contribution in [2.45, 2.75) is 6.42 Å². The molecule has 0 amide bonds. The Morgan fingerprint density at radius 1 is 1.21 bits per heavy atom. The molecule has 0 fully saturated rings. The van der Waals surface area contributed by atoms with Crippen LogP contribution in [0, 0.1) is 0 Å².